The maximum Gasteiger partial charge on any atom is 0.326 e. The van der Waals surface area contributed by atoms with Crippen molar-refractivity contribution in [3.05, 3.63) is 65.9 Å². The van der Waals surface area contributed by atoms with Gasteiger partial charge in [0.05, 0.1) is 32.4 Å². The fourth-order valence-corrected chi connectivity index (χ4v) is 6.93. The number of pyridine rings is 1. The summed E-state index contributed by atoms with van der Waals surface area (Å²) in [6, 6.07) is 9.62. The molecule has 0 unspecified atom stereocenters. The molecule has 0 aliphatic carbocycles. The SMILES string of the molecule is CC(C)n1ccc(C#Cc2cnc(O[C@H]3C[C@@H](C(=O)O)N(c4nc(C(F)F)nc5c4oc4ccccc45)C3)c(N3CCOC4(COC4)[C@@H]3C)c2)n1. The third-order valence-electron chi connectivity index (χ3n) is 9.77. The summed E-state index contributed by atoms with van der Waals surface area (Å²) in [6.07, 6.45) is -0.162. The first kappa shape index (κ1) is 32.9. The van der Waals surface area contributed by atoms with E-state index >= 15 is 0 Å². The van der Waals surface area contributed by atoms with E-state index in [0.29, 0.717) is 54.3 Å². The Bertz CT molecular complexity index is 2190. The van der Waals surface area contributed by atoms with Gasteiger partial charge in [0.1, 0.15) is 40.2 Å². The van der Waals surface area contributed by atoms with Gasteiger partial charge in [-0.05, 0) is 51.0 Å². The second-order valence-corrected chi connectivity index (χ2v) is 13.3. The van der Waals surface area contributed by atoms with E-state index in [2.05, 4.69) is 38.7 Å². The van der Waals surface area contributed by atoms with Crippen LogP contribution in [0.4, 0.5) is 20.3 Å². The fourth-order valence-electron chi connectivity index (χ4n) is 6.93. The highest BCUT2D eigenvalue weighted by atomic mass is 19.3. The van der Waals surface area contributed by atoms with E-state index in [0.717, 1.165) is 0 Å². The number of carbonyl (C=O) groups is 1. The smallest absolute Gasteiger partial charge is 0.326 e. The van der Waals surface area contributed by atoms with Crippen molar-refractivity contribution in [2.45, 2.75) is 63.4 Å². The molecular formula is C36H35F2N7O6. The number of aliphatic carboxylic acids is 1. The molecule has 264 valence electrons. The van der Waals surface area contributed by atoms with Crippen LogP contribution in [-0.4, -0.2) is 92.5 Å². The molecule has 3 saturated heterocycles. The Kier molecular flexibility index (Phi) is 8.23. The normalized spacial score (nSPS) is 21.4. The van der Waals surface area contributed by atoms with Gasteiger partial charge in [-0.2, -0.15) is 5.10 Å². The van der Waals surface area contributed by atoms with Gasteiger partial charge in [0.2, 0.25) is 5.88 Å². The number of nitrogens with zero attached hydrogens (tertiary/aromatic N) is 7. The predicted molar refractivity (Wildman–Crippen MR) is 181 cm³/mol. The zero-order chi connectivity index (χ0) is 35.4. The van der Waals surface area contributed by atoms with Gasteiger partial charge in [0.25, 0.3) is 6.43 Å². The minimum atomic E-state index is -2.99. The Morgan fingerprint density at radius 2 is 1.96 bits per heavy atom. The molecule has 15 heteroatoms. The van der Waals surface area contributed by atoms with Crippen LogP contribution in [0.2, 0.25) is 0 Å². The number of benzene rings is 1. The summed E-state index contributed by atoms with van der Waals surface area (Å²) in [6.45, 7) is 8.08. The van der Waals surface area contributed by atoms with Crippen LogP contribution in [0.3, 0.4) is 0 Å². The van der Waals surface area contributed by atoms with Crippen LogP contribution in [-0.2, 0) is 14.3 Å². The highest BCUT2D eigenvalue weighted by Crippen LogP contribution is 2.41. The molecule has 3 atom stereocenters. The van der Waals surface area contributed by atoms with Gasteiger partial charge in [0.15, 0.2) is 17.2 Å². The first-order valence-electron chi connectivity index (χ1n) is 16.8. The van der Waals surface area contributed by atoms with Crippen molar-refractivity contribution in [3.8, 4) is 17.7 Å². The molecule has 3 aliphatic rings. The Hall–Kier alpha value is -5.33. The number of para-hydroxylation sites is 1. The minimum Gasteiger partial charge on any atom is -0.480 e. The van der Waals surface area contributed by atoms with Crippen LogP contribution in [0, 0.1) is 11.8 Å². The van der Waals surface area contributed by atoms with Gasteiger partial charge >= 0.3 is 5.97 Å². The largest absolute Gasteiger partial charge is 0.480 e. The van der Waals surface area contributed by atoms with Crippen molar-refractivity contribution in [1.29, 1.82) is 0 Å². The van der Waals surface area contributed by atoms with Gasteiger partial charge in [-0.25, -0.2) is 28.5 Å². The first-order valence-corrected chi connectivity index (χ1v) is 16.8. The number of carboxylic acids is 1. The van der Waals surface area contributed by atoms with Gasteiger partial charge in [-0.15, -0.1) is 0 Å². The molecule has 51 heavy (non-hydrogen) atoms. The third-order valence-corrected chi connectivity index (χ3v) is 9.77. The molecule has 3 aliphatic heterocycles. The molecule has 0 saturated carbocycles. The topological polar surface area (TPSA) is 141 Å². The van der Waals surface area contributed by atoms with Crippen molar-refractivity contribution < 1.29 is 37.3 Å². The average molecular weight is 700 g/mol. The number of fused-ring (bicyclic) bond motifs is 3. The molecule has 0 radical (unpaired) electrons. The molecule has 1 spiro atoms. The predicted octanol–water partition coefficient (Wildman–Crippen LogP) is 4.99. The lowest BCUT2D eigenvalue weighted by Crippen LogP contribution is -2.68. The number of aromatic nitrogens is 5. The Morgan fingerprint density at radius 3 is 2.69 bits per heavy atom. The van der Waals surface area contributed by atoms with Gasteiger partial charge < -0.3 is 33.5 Å². The number of furan rings is 1. The van der Waals surface area contributed by atoms with E-state index in [1.54, 1.807) is 30.5 Å². The van der Waals surface area contributed by atoms with Crippen LogP contribution >= 0.6 is 0 Å². The van der Waals surface area contributed by atoms with Crippen LogP contribution < -0.4 is 14.5 Å². The number of halogens is 2. The molecule has 3 fully saturated rings. The number of alkyl halides is 2. The minimum absolute atomic E-state index is 0.0143. The van der Waals surface area contributed by atoms with E-state index in [4.69, 9.17) is 23.6 Å². The quantitative estimate of drug-likeness (QED) is 0.229. The van der Waals surface area contributed by atoms with E-state index < -0.39 is 36.0 Å². The lowest BCUT2D eigenvalue weighted by Gasteiger charge is -2.53. The van der Waals surface area contributed by atoms with Crippen LogP contribution in [0.15, 0.2) is 53.2 Å². The Morgan fingerprint density at radius 1 is 1.14 bits per heavy atom. The lowest BCUT2D eigenvalue weighted by molar-refractivity contribution is -0.228. The second kappa shape index (κ2) is 12.8. The summed E-state index contributed by atoms with van der Waals surface area (Å²) in [5.41, 5.74) is 2.19. The number of carboxylic acid groups (broad SMARTS) is 1. The summed E-state index contributed by atoms with van der Waals surface area (Å²) >= 11 is 0. The maximum absolute atomic E-state index is 14.1. The Balaban J connectivity index is 1.15. The number of morpholine rings is 1. The van der Waals surface area contributed by atoms with E-state index in [1.165, 1.54) is 4.90 Å². The summed E-state index contributed by atoms with van der Waals surface area (Å²) in [7, 11) is 0. The van der Waals surface area contributed by atoms with E-state index in [1.807, 2.05) is 36.9 Å². The highest BCUT2D eigenvalue weighted by Gasteiger charge is 2.50. The molecule has 7 heterocycles. The molecular weight excluding hydrogens is 664 g/mol. The number of hydrogen-bond donors (Lipinski definition) is 1. The fraction of sp³-hybridized carbons (Fsp3) is 0.417. The van der Waals surface area contributed by atoms with Gasteiger partial charge in [-0.3, -0.25) is 4.68 Å². The molecule has 13 nitrogen and oxygen atoms in total. The number of hydrogen-bond acceptors (Lipinski definition) is 11. The molecule has 0 amide bonds. The van der Waals surface area contributed by atoms with Crippen LogP contribution in [0.1, 0.15) is 56.7 Å². The van der Waals surface area contributed by atoms with Crippen molar-refractivity contribution >= 4 is 39.5 Å². The summed E-state index contributed by atoms with van der Waals surface area (Å²) < 4.78 is 54.3. The van der Waals surface area contributed by atoms with Crippen LogP contribution in [0.5, 0.6) is 5.88 Å². The maximum atomic E-state index is 14.1. The second-order valence-electron chi connectivity index (χ2n) is 13.3. The first-order chi connectivity index (χ1) is 24.6. The van der Waals surface area contributed by atoms with E-state index in [-0.39, 0.29) is 47.8 Å². The zero-order valence-corrected chi connectivity index (χ0v) is 28.1. The number of ether oxygens (including phenoxy) is 3. The molecule has 0 bridgehead atoms. The van der Waals surface area contributed by atoms with Crippen molar-refractivity contribution in [2.75, 3.05) is 42.7 Å². The van der Waals surface area contributed by atoms with Gasteiger partial charge in [-0.1, -0.05) is 18.1 Å². The summed E-state index contributed by atoms with van der Waals surface area (Å²) in [5, 5.41) is 15.4. The molecule has 1 aromatic carbocycles. The average Bonchev–Trinajstić information content (AvgIpc) is 3.84. The van der Waals surface area contributed by atoms with Crippen molar-refractivity contribution in [3.63, 3.8) is 0 Å². The molecule has 1 N–H and O–H groups in total. The number of rotatable bonds is 7. The van der Waals surface area contributed by atoms with E-state index in [9.17, 15) is 18.7 Å². The van der Waals surface area contributed by atoms with Gasteiger partial charge in [0, 0.05) is 42.4 Å². The van der Waals surface area contributed by atoms with Crippen LogP contribution in [0.25, 0.3) is 22.1 Å². The Labute approximate surface area is 291 Å². The molecule has 4 aromatic heterocycles. The standard InChI is InChI=1S/C36H35F2N7O6/c1-20(2)45-11-10-23(42-45)9-8-22-14-26(43-12-13-49-36(21(43)3)18-48-19-36)34(39-16-22)50-24-15-27(35(46)47)44(17-24)33-30-29(40-32(41-33)31(37)38)25-6-4-5-7-28(25)51-30/h4-7,10-11,14,16,20-21,24,27,31H,12-13,15,17-19H2,1-3H3,(H,46,47)/t21-,24-,27-/m0/s1. The highest BCUT2D eigenvalue weighted by molar-refractivity contribution is 6.06. The van der Waals surface area contributed by atoms with Crippen molar-refractivity contribution in [2.24, 2.45) is 0 Å². The zero-order valence-electron chi connectivity index (χ0n) is 28.1. The van der Waals surface area contributed by atoms with Crippen molar-refractivity contribution in [1.82, 2.24) is 24.7 Å². The molecule has 8 rings (SSSR count). The monoisotopic (exact) mass is 699 g/mol. The summed E-state index contributed by atoms with van der Waals surface area (Å²) in [4.78, 5) is 29.2. The molecule has 5 aromatic rings. The number of anilines is 2. The summed E-state index contributed by atoms with van der Waals surface area (Å²) in [5.74, 6) is 4.67. The lowest BCUT2D eigenvalue weighted by atomic mass is 9.90. The third kappa shape index (κ3) is 5.87.